The molecule has 0 saturated heterocycles. The number of nitrogens with one attached hydrogen (secondary N) is 1. The summed E-state index contributed by atoms with van der Waals surface area (Å²) in [5.41, 5.74) is 0.323. The lowest BCUT2D eigenvalue weighted by molar-refractivity contribution is -0.120. The van der Waals surface area contributed by atoms with E-state index in [9.17, 15) is 9.59 Å². The van der Waals surface area contributed by atoms with Gasteiger partial charge in [0.25, 0.3) is 0 Å². The maximum atomic E-state index is 11.1. The number of methoxy groups -OCH3 is 1. The number of ether oxygens (including phenoxy) is 1. The molecule has 1 rings (SSSR count). The molecule has 6 heteroatoms. The van der Waals surface area contributed by atoms with E-state index >= 15 is 0 Å². The van der Waals surface area contributed by atoms with Crippen molar-refractivity contribution in [3.8, 4) is 0 Å². The summed E-state index contributed by atoms with van der Waals surface area (Å²) in [6.07, 6.45) is 1.11. The second kappa shape index (κ2) is 6.22. The summed E-state index contributed by atoms with van der Waals surface area (Å²) in [7, 11) is 1.32. The third-order valence-corrected chi connectivity index (χ3v) is 2.84. The number of aromatic nitrogens is 1. The van der Waals surface area contributed by atoms with Crippen LogP contribution in [-0.2, 0) is 16.0 Å². The Morgan fingerprint density at radius 3 is 2.94 bits per heavy atom. The number of hydrogen-bond donors (Lipinski definition) is 1. The summed E-state index contributed by atoms with van der Waals surface area (Å²) in [6, 6.07) is 0. The lowest BCUT2D eigenvalue weighted by Crippen LogP contribution is -2.24. The van der Waals surface area contributed by atoms with Gasteiger partial charge in [-0.05, 0) is 0 Å². The summed E-state index contributed by atoms with van der Waals surface area (Å²) in [5.74, 6) is -0.412. The van der Waals surface area contributed by atoms with E-state index in [0.29, 0.717) is 25.1 Å². The topological polar surface area (TPSA) is 68.3 Å². The minimum atomic E-state index is -0.430. The predicted molar refractivity (Wildman–Crippen MR) is 60.5 cm³/mol. The SMILES string of the molecule is CCC(=O)NCCc1nc(C(=O)OC)cs1. The summed E-state index contributed by atoms with van der Waals surface area (Å²) in [4.78, 5) is 26.2. The number of carbonyl (C=O) groups is 2. The number of thiazole rings is 1. The minimum absolute atomic E-state index is 0.0183. The smallest absolute Gasteiger partial charge is 0.357 e. The van der Waals surface area contributed by atoms with Crippen molar-refractivity contribution in [2.45, 2.75) is 19.8 Å². The highest BCUT2D eigenvalue weighted by molar-refractivity contribution is 7.09. The molecule has 0 bridgehead atoms. The molecule has 0 saturated carbocycles. The molecule has 0 unspecified atom stereocenters. The Morgan fingerprint density at radius 1 is 1.56 bits per heavy atom. The van der Waals surface area contributed by atoms with Crippen molar-refractivity contribution >= 4 is 23.2 Å². The Morgan fingerprint density at radius 2 is 2.31 bits per heavy atom. The van der Waals surface area contributed by atoms with Crippen molar-refractivity contribution < 1.29 is 14.3 Å². The van der Waals surface area contributed by atoms with Crippen molar-refractivity contribution in [1.82, 2.24) is 10.3 Å². The van der Waals surface area contributed by atoms with Gasteiger partial charge >= 0.3 is 5.97 Å². The fourth-order valence-corrected chi connectivity index (χ4v) is 1.83. The van der Waals surface area contributed by atoms with Gasteiger partial charge in [0.15, 0.2) is 5.69 Å². The Balaban J connectivity index is 2.41. The number of carbonyl (C=O) groups excluding carboxylic acids is 2. The molecule has 0 aromatic carbocycles. The molecule has 0 radical (unpaired) electrons. The van der Waals surface area contributed by atoms with Crippen LogP contribution < -0.4 is 5.32 Å². The molecule has 1 aromatic heterocycles. The van der Waals surface area contributed by atoms with Crippen LogP contribution in [0.5, 0.6) is 0 Å². The molecule has 0 aliphatic carbocycles. The van der Waals surface area contributed by atoms with E-state index in [4.69, 9.17) is 0 Å². The Labute approximate surface area is 97.8 Å². The molecule has 0 atom stereocenters. The van der Waals surface area contributed by atoms with Crippen LogP contribution >= 0.6 is 11.3 Å². The molecule has 0 aliphatic rings. The highest BCUT2D eigenvalue weighted by atomic mass is 32.1. The number of amides is 1. The first kappa shape index (κ1) is 12.6. The summed E-state index contributed by atoms with van der Waals surface area (Å²) in [5, 5.41) is 5.22. The Bertz CT molecular complexity index is 376. The third kappa shape index (κ3) is 3.62. The molecule has 0 aliphatic heterocycles. The first-order valence-corrected chi connectivity index (χ1v) is 5.84. The maximum Gasteiger partial charge on any atom is 0.357 e. The predicted octanol–water partition coefficient (Wildman–Crippen LogP) is 0.998. The molecular weight excluding hydrogens is 228 g/mol. The van der Waals surface area contributed by atoms with Gasteiger partial charge in [-0.1, -0.05) is 6.92 Å². The molecule has 88 valence electrons. The number of esters is 1. The number of nitrogens with zero attached hydrogens (tertiary/aromatic N) is 1. The van der Waals surface area contributed by atoms with Gasteiger partial charge in [0.05, 0.1) is 12.1 Å². The molecule has 0 fully saturated rings. The van der Waals surface area contributed by atoms with Crippen molar-refractivity contribution in [1.29, 1.82) is 0 Å². The van der Waals surface area contributed by atoms with Crippen LogP contribution in [0.2, 0.25) is 0 Å². The van der Waals surface area contributed by atoms with Crippen molar-refractivity contribution in [3.05, 3.63) is 16.1 Å². The second-order valence-corrected chi connectivity index (χ2v) is 4.01. The van der Waals surface area contributed by atoms with Gasteiger partial charge in [-0.3, -0.25) is 4.79 Å². The standard InChI is InChI=1S/C10H14N2O3S/c1-3-8(13)11-5-4-9-12-7(6-16-9)10(14)15-2/h6H,3-5H2,1-2H3,(H,11,13). The Kier molecular flexibility index (Phi) is 4.91. The number of hydrogen-bond acceptors (Lipinski definition) is 5. The summed E-state index contributed by atoms with van der Waals surface area (Å²) in [6.45, 7) is 2.34. The van der Waals surface area contributed by atoms with E-state index in [-0.39, 0.29) is 5.91 Å². The fraction of sp³-hybridized carbons (Fsp3) is 0.500. The lowest BCUT2D eigenvalue weighted by atomic mass is 10.4. The average molecular weight is 242 g/mol. The molecular formula is C10H14N2O3S. The second-order valence-electron chi connectivity index (χ2n) is 3.07. The lowest BCUT2D eigenvalue weighted by Gasteiger charge is -2.00. The van der Waals surface area contributed by atoms with Crippen LogP contribution in [0, 0.1) is 0 Å². The zero-order chi connectivity index (χ0) is 12.0. The zero-order valence-electron chi connectivity index (χ0n) is 9.28. The van der Waals surface area contributed by atoms with Gasteiger partial charge in [0.1, 0.15) is 0 Å². The molecule has 0 spiro atoms. The molecule has 1 aromatic rings. The van der Waals surface area contributed by atoms with E-state index in [1.807, 2.05) is 0 Å². The average Bonchev–Trinajstić information content (AvgIpc) is 2.76. The molecule has 5 nitrogen and oxygen atoms in total. The largest absolute Gasteiger partial charge is 0.464 e. The van der Waals surface area contributed by atoms with E-state index in [0.717, 1.165) is 5.01 Å². The monoisotopic (exact) mass is 242 g/mol. The van der Waals surface area contributed by atoms with Gasteiger partial charge < -0.3 is 10.1 Å². The van der Waals surface area contributed by atoms with Gasteiger partial charge in [-0.15, -0.1) is 11.3 Å². The quantitative estimate of drug-likeness (QED) is 0.782. The fourth-order valence-electron chi connectivity index (χ4n) is 1.06. The maximum absolute atomic E-state index is 11.1. The van der Waals surface area contributed by atoms with Crippen LogP contribution in [-0.4, -0.2) is 30.5 Å². The first-order chi connectivity index (χ1) is 7.67. The van der Waals surface area contributed by atoms with E-state index in [1.54, 1.807) is 12.3 Å². The highest BCUT2D eigenvalue weighted by Gasteiger charge is 2.10. The van der Waals surface area contributed by atoms with Gasteiger partial charge in [-0.25, -0.2) is 9.78 Å². The molecule has 16 heavy (non-hydrogen) atoms. The van der Waals surface area contributed by atoms with Gasteiger partial charge in [0.2, 0.25) is 5.91 Å². The normalized spacial score (nSPS) is 9.88. The Hall–Kier alpha value is -1.43. The van der Waals surface area contributed by atoms with Crippen LogP contribution in [0.4, 0.5) is 0 Å². The highest BCUT2D eigenvalue weighted by Crippen LogP contribution is 2.10. The van der Waals surface area contributed by atoms with E-state index in [2.05, 4.69) is 15.0 Å². The van der Waals surface area contributed by atoms with Crippen LogP contribution in [0.25, 0.3) is 0 Å². The summed E-state index contributed by atoms with van der Waals surface area (Å²) >= 11 is 1.39. The molecule has 1 heterocycles. The van der Waals surface area contributed by atoms with E-state index in [1.165, 1.54) is 18.4 Å². The zero-order valence-corrected chi connectivity index (χ0v) is 10.1. The van der Waals surface area contributed by atoms with Crippen molar-refractivity contribution in [2.75, 3.05) is 13.7 Å². The molecule has 1 N–H and O–H groups in total. The van der Waals surface area contributed by atoms with Crippen molar-refractivity contribution in [2.24, 2.45) is 0 Å². The first-order valence-electron chi connectivity index (χ1n) is 4.96. The summed E-state index contributed by atoms with van der Waals surface area (Å²) < 4.78 is 4.55. The van der Waals surface area contributed by atoms with E-state index < -0.39 is 5.97 Å². The molecule has 1 amide bonds. The van der Waals surface area contributed by atoms with Crippen molar-refractivity contribution in [3.63, 3.8) is 0 Å². The third-order valence-electron chi connectivity index (χ3n) is 1.93. The van der Waals surface area contributed by atoms with Crippen LogP contribution in [0.15, 0.2) is 5.38 Å². The minimum Gasteiger partial charge on any atom is -0.464 e. The van der Waals surface area contributed by atoms with Gasteiger partial charge in [-0.2, -0.15) is 0 Å². The number of rotatable bonds is 5. The van der Waals surface area contributed by atoms with Gasteiger partial charge in [0, 0.05) is 24.8 Å². The van der Waals surface area contributed by atoms with Crippen LogP contribution in [0.3, 0.4) is 0 Å². The van der Waals surface area contributed by atoms with Crippen LogP contribution in [0.1, 0.15) is 28.8 Å².